The minimum Gasteiger partial charge on any atom is -0.489 e. The van der Waals surface area contributed by atoms with Crippen LogP contribution in [0.5, 0.6) is 5.75 Å². The Kier molecular flexibility index (Phi) is 6.22. The number of carbonyl (C=O) groups excluding carboxylic acids is 2. The van der Waals surface area contributed by atoms with Gasteiger partial charge in [0.05, 0.1) is 5.02 Å². The van der Waals surface area contributed by atoms with E-state index in [1.54, 1.807) is 30.0 Å². The summed E-state index contributed by atoms with van der Waals surface area (Å²) in [6.45, 7) is 2.80. The van der Waals surface area contributed by atoms with E-state index in [2.05, 4.69) is 20.3 Å². The summed E-state index contributed by atoms with van der Waals surface area (Å²) in [5.74, 6) is 0.276. The molecule has 2 fully saturated rings. The minimum absolute atomic E-state index is 0.0544. The van der Waals surface area contributed by atoms with Crippen LogP contribution in [0.4, 0.5) is 0 Å². The van der Waals surface area contributed by atoms with Crippen molar-refractivity contribution < 1.29 is 19.0 Å². The number of rotatable bonds is 5. The number of halogens is 1. The van der Waals surface area contributed by atoms with Crippen LogP contribution in [-0.2, 0) is 0 Å². The number of aryl methyl sites for hydroxylation is 1. The lowest BCUT2D eigenvalue weighted by atomic mass is 10.1. The lowest BCUT2D eigenvalue weighted by Gasteiger charge is -2.32. The Balaban J connectivity index is 1.31. The Morgan fingerprint density at radius 2 is 1.90 bits per heavy atom. The minimum atomic E-state index is -0.178. The monoisotopic (exact) mass is 432 g/mol. The molecule has 0 radical (unpaired) electrons. The van der Waals surface area contributed by atoms with Crippen molar-refractivity contribution in [3.05, 3.63) is 40.2 Å². The molecule has 0 spiro atoms. The Bertz CT molecular complexity index is 917. The van der Waals surface area contributed by atoms with Gasteiger partial charge >= 0.3 is 0 Å². The van der Waals surface area contributed by atoms with Crippen molar-refractivity contribution in [1.82, 2.24) is 20.5 Å². The Morgan fingerprint density at radius 1 is 1.17 bits per heavy atom. The van der Waals surface area contributed by atoms with Crippen LogP contribution in [0, 0.1) is 6.92 Å². The normalized spacial score (nSPS) is 17.9. The van der Waals surface area contributed by atoms with E-state index in [-0.39, 0.29) is 29.7 Å². The molecule has 1 aliphatic heterocycles. The highest BCUT2D eigenvalue weighted by atomic mass is 35.5. The molecule has 4 rings (SSSR count). The van der Waals surface area contributed by atoms with Gasteiger partial charge in [-0.1, -0.05) is 29.6 Å². The SMILES string of the molecule is Cc1nonc1C(=O)N1CCC(Oc2ccc(C(=O)NC3CCCC3)cc2Cl)CC1. The number of hydrogen-bond donors (Lipinski definition) is 1. The molecule has 9 heteroatoms. The van der Waals surface area contributed by atoms with Crippen molar-refractivity contribution in [2.45, 2.75) is 57.6 Å². The first-order chi connectivity index (χ1) is 14.5. The summed E-state index contributed by atoms with van der Waals surface area (Å²) in [6, 6.07) is 5.40. The van der Waals surface area contributed by atoms with Crippen molar-refractivity contribution >= 4 is 23.4 Å². The van der Waals surface area contributed by atoms with E-state index in [4.69, 9.17) is 16.3 Å². The second-order valence-corrected chi connectivity index (χ2v) is 8.31. The van der Waals surface area contributed by atoms with Gasteiger partial charge in [0.15, 0.2) is 5.69 Å². The third kappa shape index (κ3) is 4.59. The molecule has 1 aromatic carbocycles. The zero-order chi connectivity index (χ0) is 21.1. The van der Waals surface area contributed by atoms with E-state index in [9.17, 15) is 9.59 Å². The van der Waals surface area contributed by atoms with Crippen molar-refractivity contribution in [3.8, 4) is 5.75 Å². The molecule has 30 heavy (non-hydrogen) atoms. The molecule has 160 valence electrons. The molecule has 1 saturated heterocycles. The maximum Gasteiger partial charge on any atom is 0.278 e. The van der Waals surface area contributed by atoms with Gasteiger partial charge in [0.1, 0.15) is 17.5 Å². The summed E-state index contributed by atoms with van der Waals surface area (Å²) in [5.41, 5.74) is 1.28. The molecule has 1 aromatic heterocycles. The van der Waals surface area contributed by atoms with Gasteiger partial charge in [-0.05, 0) is 43.1 Å². The molecule has 1 saturated carbocycles. The molecule has 2 aromatic rings. The number of hydrogen-bond acceptors (Lipinski definition) is 6. The van der Waals surface area contributed by atoms with E-state index in [1.165, 1.54) is 0 Å². The predicted molar refractivity (Wildman–Crippen MR) is 110 cm³/mol. The summed E-state index contributed by atoms with van der Waals surface area (Å²) >= 11 is 6.38. The highest BCUT2D eigenvalue weighted by Gasteiger charge is 2.28. The third-order valence-electron chi connectivity index (χ3n) is 5.76. The standard InChI is InChI=1S/C21H25ClN4O4/c1-13-19(25-30-24-13)21(28)26-10-8-16(9-11-26)29-18-7-6-14(12-17(18)22)20(27)23-15-4-2-3-5-15/h6-7,12,15-16H,2-5,8-11H2,1H3,(H,23,27). The number of aromatic nitrogens is 2. The first-order valence-electron chi connectivity index (χ1n) is 10.4. The van der Waals surface area contributed by atoms with Crippen LogP contribution in [0.1, 0.15) is 65.1 Å². The fraction of sp³-hybridized carbons (Fsp3) is 0.524. The highest BCUT2D eigenvalue weighted by molar-refractivity contribution is 6.32. The molecule has 0 bridgehead atoms. The largest absolute Gasteiger partial charge is 0.489 e. The molecule has 2 amide bonds. The quantitative estimate of drug-likeness (QED) is 0.777. The maximum absolute atomic E-state index is 12.5. The van der Waals surface area contributed by atoms with Crippen LogP contribution in [0.2, 0.25) is 5.02 Å². The number of likely N-dealkylation sites (tertiary alicyclic amines) is 1. The second kappa shape index (κ2) is 9.04. The van der Waals surface area contributed by atoms with Gasteiger partial charge < -0.3 is 15.0 Å². The average Bonchev–Trinajstić information content (AvgIpc) is 3.41. The zero-order valence-electron chi connectivity index (χ0n) is 16.9. The summed E-state index contributed by atoms with van der Waals surface area (Å²) in [6.07, 6.45) is 5.70. The first-order valence-corrected chi connectivity index (χ1v) is 10.7. The van der Waals surface area contributed by atoms with E-state index in [0.29, 0.717) is 48.0 Å². The molecule has 0 atom stereocenters. The number of nitrogens with one attached hydrogen (secondary N) is 1. The van der Waals surface area contributed by atoms with Crippen molar-refractivity contribution in [1.29, 1.82) is 0 Å². The molecular weight excluding hydrogens is 408 g/mol. The molecular formula is C21H25ClN4O4. The van der Waals surface area contributed by atoms with Crippen LogP contribution >= 0.6 is 11.6 Å². The highest BCUT2D eigenvalue weighted by Crippen LogP contribution is 2.29. The van der Waals surface area contributed by atoms with E-state index in [0.717, 1.165) is 25.7 Å². The fourth-order valence-electron chi connectivity index (χ4n) is 4.01. The molecule has 8 nitrogen and oxygen atoms in total. The van der Waals surface area contributed by atoms with E-state index >= 15 is 0 Å². The number of carbonyl (C=O) groups is 2. The molecule has 2 aliphatic rings. The third-order valence-corrected chi connectivity index (χ3v) is 6.06. The topological polar surface area (TPSA) is 97.6 Å². The molecule has 1 N–H and O–H groups in total. The Hall–Kier alpha value is -2.61. The summed E-state index contributed by atoms with van der Waals surface area (Å²) in [5, 5.41) is 10.8. The van der Waals surface area contributed by atoms with E-state index in [1.807, 2.05) is 0 Å². The lowest BCUT2D eigenvalue weighted by Crippen LogP contribution is -2.42. The number of amides is 2. The smallest absolute Gasteiger partial charge is 0.278 e. The van der Waals surface area contributed by atoms with Crippen LogP contribution in [-0.4, -0.2) is 52.3 Å². The molecule has 1 aliphatic carbocycles. The first kappa shape index (κ1) is 20.7. The molecule has 2 heterocycles. The summed E-state index contributed by atoms with van der Waals surface area (Å²) in [4.78, 5) is 26.6. The van der Waals surface area contributed by atoms with Crippen LogP contribution in [0.15, 0.2) is 22.8 Å². The Labute approximate surface area is 179 Å². The Morgan fingerprint density at radius 3 is 2.53 bits per heavy atom. The molecule has 0 unspecified atom stereocenters. The summed E-state index contributed by atoms with van der Waals surface area (Å²) < 4.78 is 10.7. The summed E-state index contributed by atoms with van der Waals surface area (Å²) in [7, 11) is 0. The zero-order valence-corrected chi connectivity index (χ0v) is 17.7. The number of nitrogens with zero attached hydrogens (tertiary/aromatic N) is 3. The maximum atomic E-state index is 12.5. The number of piperidine rings is 1. The van der Waals surface area contributed by atoms with Crippen molar-refractivity contribution in [2.75, 3.05) is 13.1 Å². The van der Waals surface area contributed by atoms with Gasteiger partial charge in [-0.15, -0.1) is 0 Å². The van der Waals surface area contributed by atoms with Gasteiger partial charge in [0.2, 0.25) is 0 Å². The van der Waals surface area contributed by atoms with Gasteiger partial charge in [-0.25, -0.2) is 4.63 Å². The average molecular weight is 433 g/mol. The van der Waals surface area contributed by atoms with Crippen LogP contribution in [0.3, 0.4) is 0 Å². The van der Waals surface area contributed by atoms with Gasteiger partial charge in [-0.2, -0.15) is 0 Å². The second-order valence-electron chi connectivity index (χ2n) is 7.91. The lowest BCUT2D eigenvalue weighted by molar-refractivity contribution is 0.0585. The van der Waals surface area contributed by atoms with Crippen molar-refractivity contribution in [2.24, 2.45) is 0 Å². The van der Waals surface area contributed by atoms with Crippen LogP contribution in [0.25, 0.3) is 0 Å². The number of benzene rings is 1. The van der Waals surface area contributed by atoms with E-state index < -0.39 is 0 Å². The van der Waals surface area contributed by atoms with Gasteiger partial charge in [0, 0.05) is 37.5 Å². The van der Waals surface area contributed by atoms with Crippen molar-refractivity contribution in [3.63, 3.8) is 0 Å². The fourth-order valence-corrected chi connectivity index (χ4v) is 4.23. The predicted octanol–water partition coefficient (Wildman–Crippen LogP) is 3.39. The van der Waals surface area contributed by atoms with Gasteiger partial charge in [0.25, 0.3) is 11.8 Å². The van der Waals surface area contributed by atoms with Crippen LogP contribution < -0.4 is 10.1 Å². The van der Waals surface area contributed by atoms with Gasteiger partial charge in [-0.3, -0.25) is 9.59 Å². The number of ether oxygens (including phenoxy) is 1.